The van der Waals surface area contributed by atoms with Crippen LogP contribution in [0.2, 0.25) is 0 Å². The van der Waals surface area contributed by atoms with Crippen molar-refractivity contribution >= 4 is 40.3 Å². The average Bonchev–Trinajstić information content (AvgIpc) is 2.94. The topological polar surface area (TPSA) is 65.3 Å². The van der Waals surface area contributed by atoms with Crippen LogP contribution < -0.4 is 0 Å². The Hall–Kier alpha value is -2.15. The summed E-state index contributed by atoms with van der Waals surface area (Å²) < 4.78 is 0. The number of para-hydroxylation sites is 1. The third-order valence-electron chi connectivity index (χ3n) is 5.20. The molecule has 1 fully saturated rings. The first-order valence-electron chi connectivity index (χ1n) is 9.44. The van der Waals surface area contributed by atoms with Gasteiger partial charge in [-0.05, 0) is 37.3 Å². The van der Waals surface area contributed by atoms with Gasteiger partial charge in [0.2, 0.25) is 5.91 Å². The number of hydrogen-bond acceptors (Lipinski definition) is 5. The van der Waals surface area contributed by atoms with Gasteiger partial charge in [0.05, 0.1) is 11.4 Å². The molecule has 1 saturated heterocycles. The minimum absolute atomic E-state index is 0.0848. The van der Waals surface area contributed by atoms with Gasteiger partial charge in [0.25, 0.3) is 5.91 Å². The maximum absolute atomic E-state index is 12.7. The number of carbonyl (C=O) groups is 2. The monoisotopic (exact) mass is 384 g/mol. The number of rotatable bonds is 2. The molecule has 4 rings (SSSR count). The first kappa shape index (κ1) is 18.2. The smallest absolute Gasteiger partial charge is 0.258 e. The molecule has 3 atom stereocenters. The van der Waals surface area contributed by atoms with Crippen LogP contribution in [0.4, 0.5) is 5.69 Å². The number of fused-ring (bicyclic) bond motifs is 3. The van der Waals surface area contributed by atoms with Gasteiger partial charge >= 0.3 is 0 Å². The fraction of sp³-hybridized carbons (Fsp3) is 0.500. The average molecular weight is 385 g/mol. The van der Waals surface area contributed by atoms with E-state index >= 15 is 0 Å². The lowest BCUT2D eigenvalue weighted by Gasteiger charge is -2.35. The van der Waals surface area contributed by atoms with E-state index in [0.717, 1.165) is 24.3 Å². The van der Waals surface area contributed by atoms with Crippen molar-refractivity contribution in [1.82, 2.24) is 9.80 Å². The maximum atomic E-state index is 12.7. The van der Waals surface area contributed by atoms with E-state index in [1.165, 1.54) is 18.2 Å². The SMILES string of the molecule is C[C@@H]1C[C@H](C)CN(C(=O)CSC2=Nc3ccccc3C3=N[C@@H](C)C(=O)N23)C1. The minimum atomic E-state index is -0.420. The molecule has 6 nitrogen and oxygen atoms in total. The number of piperidine rings is 1. The van der Waals surface area contributed by atoms with Crippen LogP contribution in [-0.4, -0.2) is 57.5 Å². The molecule has 3 heterocycles. The van der Waals surface area contributed by atoms with Crippen molar-refractivity contribution in [3.63, 3.8) is 0 Å². The lowest BCUT2D eigenvalue weighted by atomic mass is 9.92. The summed E-state index contributed by atoms with van der Waals surface area (Å²) in [5.41, 5.74) is 1.66. The van der Waals surface area contributed by atoms with Gasteiger partial charge in [-0.25, -0.2) is 9.89 Å². The number of aliphatic imine (C=N–C) groups is 2. The highest BCUT2D eigenvalue weighted by molar-refractivity contribution is 8.14. The third kappa shape index (κ3) is 3.40. The van der Waals surface area contributed by atoms with Crippen molar-refractivity contribution in [2.45, 2.75) is 33.2 Å². The summed E-state index contributed by atoms with van der Waals surface area (Å²) in [6.07, 6.45) is 1.17. The van der Waals surface area contributed by atoms with Crippen molar-refractivity contribution in [2.75, 3.05) is 18.8 Å². The van der Waals surface area contributed by atoms with Crippen LogP contribution in [-0.2, 0) is 9.59 Å². The Bertz CT molecular complexity index is 840. The molecule has 3 aliphatic heterocycles. The molecule has 2 amide bonds. The Labute approximate surface area is 163 Å². The lowest BCUT2D eigenvalue weighted by Crippen LogP contribution is -2.44. The van der Waals surface area contributed by atoms with Crippen LogP contribution in [0.15, 0.2) is 34.3 Å². The number of thioether (sulfide) groups is 1. The summed E-state index contributed by atoms with van der Waals surface area (Å²) in [5.74, 6) is 2.01. The number of benzene rings is 1. The predicted octanol–water partition coefficient (Wildman–Crippen LogP) is 2.90. The van der Waals surface area contributed by atoms with Crippen LogP contribution in [0.3, 0.4) is 0 Å². The minimum Gasteiger partial charge on any atom is -0.341 e. The Morgan fingerprint density at radius 1 is 1.19 bits per heavy atom. The molecular formula is C20H24N4O2S. The highest BCUT2D eigenvalue weighted by Gasteiger charge is 2.39. The van der Waals surface area contributed by atoms with Gasteiger partial charge in [-0.2, -0.15) is 0 Å². The van der Waals surface area contributed by atoms with Gasteiger partial charge in [-0.1, -0.05) is 37.7 Å². The predicted molar refractivity (Wildman–Crippen MR) is 108 cm³/mol. The molecule has 0 spiro atoms. The maximum Gasteiger partial charge on any atom is 0.258 e. The van der Waals surface area contributed by atoms with Gasteiger partial charge in [0.15, 0.2) is 5.17 Å². The summed E-state index contributed by atoms with van der Waals surface area (Å²) >= 11 is 1.33. The largest absolute Gasteiger partial charge is 0.341 e. The molecule has 1 aromatic carbocycles. The van der Waals surface area contributed by atoms with Crippen LogP contribution in [0.1, 0.15) is 32.8 Å². The molecule has 3 aliphatic rings. The van der Waals surface area contributed by atoms with Crippen molar-refractivity contribution in [1.29, 1.82) is 0 Å². The van der Waals surface area contributed by atoms with Crippen molar-refractivity contribution in [2.24, 2.45) is 21.8 Å². The van der Waals surface area contributed by atoms with E-state index in [1.807, 2.05) is 29.2 Å². The van der Waals surface area contributed by atoms with Crippen molar-refractivity contribution in [3.05, 3.63) is 29.8 Å². The summed E-state index contributed by atoms with van der Waals surface area (Å²) in [6.45, 7) is 7.80. The Balaban J connectivity index is 1.53. The zero-order chi connectivity index (χ0) is 19.1. The number of amidine groups is 2. The molecule has 0 aliphatic carbocycles. The van der Waals surface area contributed by atoms with E-state index in [4.69, 9.17) is 0 Å². The first-order valence-corrected chi connectivity index (χ1v) is 10.4. The van der Waals surface area contributed by atoms with E-state index < -0.39 is 6.04 Å². The molecule has 142 valence electrons. The quantitative estimate of drug-likeness (QED) is 0.787. The summed E-state index contributed by atoms with van der Waals surface area (Å²) in [5, 5.41) is 0.549. The summed E-state index contributed by atoms with van der Waals surface area (Å²) in [6, 6.07) is 7.26. The molecular weight excluding hydrogens is 360 g/mol. The fourth-order valence-corrected chi connectivity index (χ4v) is 4.96. The molecule has 0 radical (unpaired) electrons. The Kier molecular flexibility index (Phi) is 4.80. The second-order valence-corrected chi connectivity index (χ2v) is 8.69. The normalized spacial score (nSPS) is 27.1. The summed E-state index contributed by atoms with van der Waals surface area (Å²) in [7, 11) is 0. The molecule has 0 bridgehead atoms. The highest BCUT2D eigenvalue weighted by Crippen LogP contribution is 2.33. The Morgan fingerprint density at radius 3 is 2.63 bits per heavy atom. The summed E-state index contributed by atoms with van der Waals surface area (Å²) in [4.78, 5) is 38.0. The van der Waals surface area contributed by atoms with E-state index in [-0.39, 0.29) is 17.6 Å². The van der Waals surface area contributed by atoms with E-state index in [2.05, 4.69) is 23.8 Å². The number of carbonyl (C=O) groups excluding carboxylic acids is 2. The second kappa shape index (κ2) is 7.11. The number of likely N-dealkylation sites (tertiary alicyclic amines) is 1. The van der Waals surface area contributed by atoms with E-state index in [0.29, 0.717) is 22.8 Å². The van der Waals surface area contributed by atoms with Gasteiger partial charge in [-0.3, -0.25) is 14.6 Å². The molecule has 0 N–H and O–H groups in total. The molecule has 1 aromatic rings. The molecule has 0 aromatic heterocycles. The molecule has 27 heavy (non-hydrogen) atoms. The standard InChI is InChI=1S/C20H24N4O2S/c1-12-8-13(2)10-23(9-12)17(25)11-27-20-22-16-7-5-4-6-15(16)18-21-14(3)19(26)24(18)20/h4-7,12-14H,8-11H2,1-3H3/t12-,13+,14-/m0/s1. The first-order chi connectivity index (χ1) is 12.9. The van der Waals surface area contributed by atoms with E-state index in [9.17, 15) is 9.59 Å². The Morgan fingerprint density at radius 2 is 1.89 bits per heavy atom. The van der Waals surface area contributed by atoms with E-state index in [1.54, 1.807) is 11.8 Å². The van der Waals surface area contributed by atoms with Crippen LogP contribution in [0, 0.1) is 11.8 Å². The van der Waals surface area contributed by atoms with Gasteiger partial charge in [0.1, 0.15) is 11.9 Å². The number of amides is 2. The highest BCUT2D eigenvalue weighted by atomic mass is 32.2. The van der Waals surface area contributed by atoms with Gasteiger partial charge < -0.3 is 4.90 Å². The zero-order valence-corrected chi connectivity index (χ0v) is 16.7. The van der Waals surface area contributed by atoms with Crippen LogP contribution in [0.5, 0.6) is 0 Å². The lowest BCUT2D eigenvalue weighted by molar-refractivity contribution is -0.131. The van der Waals surface area contributed by atoms with Crippen molar-refractivity contribution in [3.8, 4) is 0 Å². The molecule has 0 unspecified atom stereocenters. The second-order valence-electron chi connectivity index (χ2n) is 7.75. The van der Waals surface area contributed by atoms with Gasteiger partial charge in [0, 0.05) is 18.7 Å². The number of hydrogen-bond donors (Lipinski definition) is 0. The zero-order valence-electron chi connectivity index (χ0n) is 15.9. The molecule has 7 heteroatoms. The third-order valence-corrected chi connectivity index (χ3v) is 6.13. The molecule has 0 saturated carbocycles. The number of nitrogens with zero attached hydrogens (tertiary/aromatic N) is 4. The van der Waals surface area contributed by atoms with Crippen LogP contribution >= 0.6 is 11.8 Å². The van der Waals surface area contributed by atoms with Crippen molar-refractivity contribution < 1.29 is 9.59 Å². The van der Waals surface area contributed by atoms with Gasteiger partial charge in [-0.15, -0.1) is 0 Å². The fourth-order valence-electron chi connectivity index (χ4n) is 4.06. The van der Waals surface area contributed by atoms with Crippen LogP contribution in [0.25, 0.3) is 0 Å².